The van der Waals surface area contributed by atoms with Crippen LogP contribution in [0.3, 0.4) is 0 Å². The van der Waals surface area contributed by atoms with Crippen LogP contribution >= 0.6 is 0 Å². The van der Waals surface area contributed by atoms with Crippen molar-refractivity contribution >= 4 is 9.84 Å². The molecular formula is C19H17FN2O4S. The van der Waals surface area contributed by atoms with E-state index in [2.05, 4.69) is 9.97 Å². The Morgan fingerprint density at radius 3 is 2.44 bits per heavy atom. The fraction of sp³-hybridized carbons (Fsp3) is 0.158. The lowest BCUT2D eigenvalue weighted by Gasteiger charge is -2.10. The van der Waals surface area contributed by atoms with Crippen LogP contribution in [0.2, 0.25) is 0 Å². The van der Waals surface area contributed by atoms with Crippen molar-refractivity contribution in [2.45, 2.75) is 10.6 Å². The third-order valence-corrected chi connectivity index (χ3v) is 5.59. The minimum atomic E-state index is -3.83. The van der Waals surface area contributed by atoms with Gasteiger partial charge in [0, 0.05) is 35.8 Å². The van der Waals surface area contributed by atoms with Gasteiger partial charge in [0.05, 0.1) is 20.0 Å². The second-order valence-corrected chi connectivity index (χ2v) is 7.68. The van der Waals surface area contributed by atoms with Crippen LogP contribution in [0.4, 0.5) is 4.39 Å². The number of benzene rings is 1. The lowest BCUT2D eigenvalue weighted by molar-refractivity contribution is 0.398. The fourth-order valence-electron chi connectivity index (χ4n) is 2.59. The summed E-state index contributed by atoms with van der Waals surface area (Å²) < 4.78 is 49.2. The predicted molar refractivity (Wildman–Crippen MR) is 97.9 cm³/mol. The van der Waals surface area contributed by atoms with E-state index in [0.29, 0.717) is 17.0 Å². The molecule has 6 nitrogen and oxygen atoms in total. The van der Waals surface area contributed by atoms with Gasteiger partial charge in [-0.15, -0.1) is 0 Å². The van der Waals surface area contributed by atoms with Crippen molar-refractivity contribution in [3.05, 3.63) is 66.4 Å². The zero-order valence-electron chi connectivity index (χ0n) is 14.7. The minimum absolute atomic E-state index is 0.0971. The maximum absolute atomic E-state index is 13.6. The molecule has 140 valence electrons. The predicted octanol–water partition coefficient (Wildman–Crippen LogP) is 3.27. The first-order valence-corrected chi connectivity index (χ1v) is 9.59. The molecular weight excluding hydrogens is 371 g/mol. The summed E-state index contributed by atoms with van der Waals surface area (Å²) in [6.07, 6.45) is 4.69. The third kappa shape index (κ3) is 4.22. The number of methoxy groups -OCH3 is 2. The first-order chi connectivity index (χ1) is 12.9. The molecule has 2 heterocycles. The van der Waals surface area contributed by atoms with Gasteiger partial charge >= 0.3 is 0 Å². The highest BCUT2D eigenvalue weighted by atomic mass is 32.2. The molecule has 1 aromatic carbocycles. The molecule has 0 aliphatic carbocycles. The molecule has 0 aliphatic rings. The first kappa shape index (κ1) is 18.8. The van der Waals surface area contributed by atoms with Crippen LogP contribution in [0.15, 0.2) is 59.9 Å². The summed E-state index contributed by atoms with van der Waals surface area (Å²) >= 11 is 0. The Morgan fingerprint density at radius 1 is 0.963 bits per heavy atom. The number of halogens is 1. The van der Waals surface area contributed by atoms with Crippen molar-refractivity contribution in [1.82, 2.24) is 9.97 Å². The molecule has 0 fully saturated rings. The normalized spacial score (nSPS) is 11.2. The molecule has 0 atom stereocenters. The molecule has 0 saturated heterocycles. The smallest absolute Gasteiger partial charge is 0.212 e. The molecule has 0 bridgehead atoms. The van der Waals surface area contributed by atoms with Crippen LogP contribution in [-0.4, -0.2) is 32.6 Å². The van der Waals surface area contributed by atoms with Crippen molar-refractivity contribution in [2.24, 2.45) is 0 Å². The lowest BCUT2D eigenvalue weighted by atomic mass is 10.1. The first-order valence-electron chi connectivity index (χ1n) is 7.93. The molecule has 3 rings (SSSR count). The average Bonchev–Trinajstić information content (AvgIpc) is 2.68. The number of sulfone groups is 1. The molecule has 0 aliphatic heterocycles. The highest BCUT2D eigenvalue weighted by molar-refractivity contribution is 7.90. The van der Waals surface area contributed by atoms with E-state index in [-0.39, 0.29) is 16.4 Å². The van der Waals surface area contributed by atoms with Crippen LogP contribution in [0.5, 0.6) is 11.6 Å². The van der Waals surface area contributed by atoms with E-state index in [9.17, 15) is 12.8 Å². The number of hydrogen-bond acceptors (Lipinski definition) is 6. The molecule has 0 spiro atoms. The lowest BCUT2D eigenvalue weighted by Crippen LogP contribution is -2.08. The largest absolute Gasteiger partial charge is 0.495 e. The molecule has 0 N–H and O–H groups in total. The van der Waals surface area contributed by atoms with Crippen molar-refractivity contribution in [1.29, 1.82) is 0 Å². The number of ether oxygens (including phenoxy) is 2. The average molecular weight is 388 g/mol. The van der Waals surface area contributed by atoms with E-state index < -0.39 is 15.7 Å². The summed E-state index contributed by atoms with van der Waals surface area (Å²) in [6.45, 7) is 0. The molecule has 0 amide bonds. The van der Waals surface area contributed by atoms with E-state index in [1.165, 1.54) is 26.5 Å². The number of aromatic nitrogens is 2. The van der Waals surface area contributed by atoms with Gasteiger partial charge in [-0.2, -0.15) is 0 Å². The van der Waals surface area contributed by atoms with Crippen molar-refractivity contribution in [3.8, 4) is 22.8 Å². The summed E-state index contributed by atoms with van der Waals surface area (Å²) in [5, 5.41) is 0. The van der Waals surface area contributed by atoms with Gasteiger partial charge in [-0.25, -0.2) is 17.8 Å². The number of hydrogen-bond donors (Lipinski definition) is 0. The van der Waals surface area contributed by atoms with E-state index in [1.54, 1.807) is 30.6 Å². The van der Waals surface area contributed by atoms with Crippen molar-refractivity contribution in [3.63, 3.8) is 0 Å². The zero-order chi connectivity index (χ0) is 19.4. The van der Waals surface area contributed by atoms with Gasteiger partial charge in [0.15, 0.2) is 9.84 Å². The molecule has 3 aromatic rings. The van der Waals surface area contributed by atoms with Gasteiger partial charge in [-0.05, 0) is 35.9 Å². The number of pyridine rings is 2. The highest BCUT2D eigenvalue weighted by Gasteiger charge is 2.21. The quantitative estimate of drug-likeness (QED) is 0.645. The van der Waals surface area contributed by atoms with Crippen molar-refractivity contribution < 1.29 is 22.3 Å². The Balaban J connectivity index is 1.92. The van der Waals surface area contributed by atoms with E-state index >= 15 is 0 Å². The van der Waals surface area contributed by atoms with E-state index in [4.69, 9.17) is 9.47 Å². The van der Waals surface area contributed by atoms with Gasteiger partial charge in [-0.1, -0.05) is 0 Å². The summed E-state index contributed by atoms with van der Waals surface area (Å²) in [5.41, 5.74) is 1.95. The Kier molecular flexibility index (Phi) is 5.36. The monoisotopic (exact) mass is 388 g/mol. The van der Waals surface area contributed by atoms with E-state index in [0.717, 1.165) is 17.7 Å². The summed E-state index contributed by atoms with van der Waals surface area (Å²) in [5.74, 6) is -0.411. The molecule has 0 saturated carbocycles. The third-order valence-electron chi connectivity index (χ3n) is 3.89. The topological polar surface area (TPSA) is 78.4 Å². The SMILES string of the molecule is COc1ccc(-c2cncc(CS(=O)(=O)c3cc(F)ccc3OC)c2)cn1. The maximum atomic E-state index is 13.6. The fourth-order valence-corrected chi connectivity index (χ4v) is 4.09. The Labute approximate surface area is 156 Å². The zero-order valence-corrected chi connectivity index (χ0v) is 15.5. The maximum Gasteiger partial charge on any atom is 0.212 e. The van der Waals surface area contributed by atoms with Gasteiger partial charge in [0.25, 0.3) is 0 Å². The summed E-state index contributed by atoms with van der Waals surface area (Å²) in [4.78, 5) is 8.05. The van der Waals surface area contributed by atoms with Crippen LogP contribution in [0, 0.1) is 5.82 Å². The van der Waals surface area contributed by atoms with Gasteiger partial charge in [0.2, 0.25) is 5.88 Å². The Hall–Kier alpha value is -3.00. The van der Waals surface area contributed by atoms with E-state index in [1.807, 2.05) is 0 Å². The summed E-state index contributed by atoms with van der Waals surface area (Å²) in [7, 11) is -0.967. The van der Waals surface area contributed by atoms with Gasteiger partial charge in [-0.3, -0.25) is 4.98 Å². The number of rotatable bonds is 6. The second kappa shape index (κ2) is 7.71. The summed E-state index contributed by atoms with van der Waals surface area (Å²) in [6, 6.07) is 8.61. The Morgan fingerprint density at radius 2 is 1.78 bits per heavy atom. The standard InChI is InChI=1S/C19H17FN2O4S/c1-25-17-5-4-16(20)8-18(17)27(23,24)12-13-7-15(10-21-9-13)14-3-6-19(26-2)22-11-14/h3-11H,12H2,1-2H3. The molecule has 8 heteroatoms. The molecule has 2 aromatic heterocycles. The second-order valence-electron chi connectivity index (χ2n) is 5.73. The van der Waals surface area contributed by atoms with Crippen LogP contribution < -0.4 is 9.47 Å². The molecule has 0 unspecified atom stereocenters. The Bertz CT molecular complexity index is 1050. The van der Waals surface area contributed by atoms with Gasteiger partial charge in [0.1, 0.15) is 16.5 Å². The van der Waals surface area contributed by atoms with Gasteiger partial charge < -0.3 is 9.47 Å². The van der Waals surface area contributed by atoms with Crippen LogP contribution in [0.1, 0.15) is 5.56 Å². The highest BCUT2D eigenvalue weighted by Crippen LogP contribution is 2.28. The van der Waals surface area contributed by atoms with Crippen LogP contribution in [-0.2, 0) is 15.6 Å². The number of nitrogens with zero attached hydrogens (tertiary/aromatic N) is 2. The van der Waals surface area contributed by atoms with Crippen LogP contribution in [0.25, 0.3) is 11.1 Å². The van der Waals surface area contributed by atoms with Crippen molar-refractivity contribution in [2.75, 3.05) is 14.2 Å². The molecule has 27 heavy (non-hydrogen) atoms. The minimum Gasteiger partial charge on any atom is -0.495 e. The molecule has 0 radical (unpaired) electrons.